The first-order chi connectivity index (χ1) is 15.3. The van der Waals surface area contributed by atoms with Gasteiger partial charge >= 0.3 is 0 Å². The predicted octanol–water partition coefficient (Wildman–Crippen LogP) is 8.52. The number of hydrogen-bond acceptors (Lipinski definition) is 0. The zero-order chi connectivity index (χ0) is 21.7. The molecule has 0 heteroatoms. The van der Waals surface area contributed by atoms with Crippen molar-refractivity contribution in [1.29, 1.82) is 0 Å². The summed E-state index contributed by atoms with van der Waals surface area (Å²) < 4.78 is 0. The monoisotopic (exact) mass is 412 g/mol. The van der Waals surface area contributed by atoms with Gasteiger partial charge in [0, 0.05) is 11.1 Å². The van der Waals surface area contributed by atoms with Crippen molar-refractivity contribution in [1.82, 2.24) is 0 Å². The summed E-state index contributed by atoms with van der Waals surface area (Å²) in [7, 11) is 0. The molecule has 0 saturated heterocycles. The molecule has 1 aliphatic rings. The van der Waals surface area contributed by atoms with E-state index in [0.29, 0.717) is 0 Å². The molecule has 0 N–H and O–H groups in total. The topological polar surface area (TPSA) is 0 Å². The standard InChI is InChI=1S/C31H40/c1-3-5-6-7-8-9-27-14-16-29(17-15-27)20-21-31-24-22-30(23-25-31)19-18-28-12-10-26(4-2)11-13-28/h3,5,14-17,22-26,28H,4,6-13,18-19H2,1-2H3/b5-3+. The molecular formula is C31H40. The molecule has 1 aliphatic carbocycles. The van der Waals surface area contributed by atoms with Crippen LogP contribution in [0.4, 0.5) is 0 Å². The zero-order valence-electron chi connectivity index (χ0n) is 19.7. The molecule has 2 aromatic carbocycles. The maximum atomic E-state index is 3.33. The number of allylic oxidation sites excluding steroid dienone is 2. The van der Waals surface area contributed by atoms with E-state index in [9.17, 15) is 0 Å². The minimum Gasteiger partial charge on any atom is -0.0917 e. The van der Waals surface area contributed by atoms with Gasteiger partial charge in [0.25, 0.3) is 0 Å². The molecule has 0 radical (unpaired) electrons. The average Bonchev–Trinajstić information content (AvgIpc) is 2.83. The van der Waals surface area contributed by atoms with Crippen LogP contribution in [0.1, 0.15) is 93.9 Å². The zero-order valence-corrected chi connectivity index (χ0v) is 19.7. The smallest absolute Gasteiger partial charge is 0.0249 e. The van der Waals surface area contributed by atoms with Crippen molar-refractivity contribution in [2.75, 3.05) is 0 Å². The first-order valence-corrected chi connectivity index (χ1v) is 12.6. The molecule has 0 amide bonds. The van der Waals surface area contributed by atoms with Gasteiger partial charge in [-0.1, -0.05) is 87.3 Å². The first-order valence-electron chi connectivity index (χ1n) is 12.6. The van der Waals surface area contributed by atoms with Crippen LogP contribution >= 0.6 is 0 Å². The summed E-state index contributed by atoms with van der Waals surface area (Å²) in [5, 5.41) is 0. The van der Waals surface area contributed by atoms with Crippen LogP contribution in [-0.4, -0.2) is 0 Å². The Balaban J connectivity index is 1.42. The molecule has 0 unspecified atom stereocenters. The SMILES string of the molecule is C/C=C/CCCCc1ccc(C#Cc2ccc(CCC3CCC(CC)CC3)cc2)cc1. The minimum atomic E-state index is 0.943. The van der Waals surface area contributed by atoms with Crippen LogP contribution in [0.2, 0.25) is 0 Å². The van der Waals surface area contributed by atoms with E-state index in [2.05, 4.69) is 86.4 Å². The number of rotatable bonds is 9. The van der Waals surface area contributed by atoms with Crippen LogP contribution in [0.3, 0.4) is 0 Å². The third kappa shape index (κ3) is 8.41. The minimum absolute atomic E-state index is 0.943. The Bertz CT molecular complexity index is 834. The lowest BCUT2D eigenvalue weighted by Crippen LogP contribution is -2.14. The quantitative estimate of drug-likeness (QED) is 0.220. The highest BCUT2D eigenvalue weighted by Crippen LogP contribution is 2.33. The Kier molecular flexibility index (Phi) is 9.98. The second-order valence-corrected chi connectivity index (χ2v) is 9.29. The molecule has 0 nitrogen and oxygen atoms in total. The Hall–Kier alpha value is -2.26. The van der Waals surface area contributed by atoms with Crippen molar-refractivity contribution < 1.29 is 0 Å². The molecule has 1 fully saturated rings. The largest absolute Gasteiger partial charge is 0.0917 e. The Labute approximate surface area is 191 Å². The van der Waals surface area contributed by atoms with Crippen LogP contribution in [0.5, 0.6) is 0 Å². The van der Waals surface area contributed by atoms with Gasteiger partial charge in [0.2, 0.25) is 0 Å². The van der Waals surface area contributed by atoms with Gasteiger partial charge < -0.3 is 0 Å². The summed E-state index contributed by atoms with van der Waals surface area (Å²) in [4.78, 5) is 0. The maximum absolute atomic E-state index is 3.33. The normalized spacial score (nSPS) is 18.6. The number of benzene rings is 2. The maximum Gasteiger partial charge on any atom is 0.0249 e. The van der Waals surface area contributed by atoms with Crippen LogP contribution in [0.25, 0.3) is 0 Å². The molecule has 0 aromatic heterocycles. The fourth-order valence-corrected chi connectivity index (χ4v) is 4.71. The summed E-state index contributed by atoms with van der Waals surface area (Å²) in [5.74, 6) is 8.60. The highest BCUT2D eigenvalue weighted by Gasteiger charge is 2.19. The van der Waals surface area contributed by atoms with Gasteiger partial charge in [-0.25, -0.2) is 0 Å². The summed E-state index contributed by atoms with van der Waals surface area (Å²) in [6.45, 7) is 4.44. The summed E-state index contributed by atoms with van der Waals surface area (Å²) in [6.07, 6.45) is 19.0. The average molecular weight is 413 g/mol. The second-order valence-electron chi connectivity index (χ2n) is 9.29. The lowest BCUT2D eigenvalue weighted by molar-refractivity contribution is 0.259. The van der Waals surface area contributed by atoms with Crippen molar-refractivity contribution in [3.05, 3.63) is 82.9 Å². The van der Waals surface area contributed by atoms with E-state index in [4.69, 9.17) is 0 Å². The van der Waals surface area contributed by atoms with Gasteiger partial charge in [0.05, 0.1) is 0 Å². The molecule has 0 spiro atoms. The summed E-state index contributed by atoms with van der Waals surface area (Å²) in [6, 6.07) is 17.7. The molecule has 2 aromatic rings. The van der Waals surface area contributed by atoms with Gasteiger partial charge in [-0.15, -0.1) is 0 Å². The van der Waals surface area contributed by atoms with Gasteiger partial charge in [-0.3, -0.25) is 0 Å². The molecule has 0 bridgehead atoms. The number of aryl methyl sites for hydroxylation is 2. The van der Waals surface area contributed by atoms with Crippen LogP contribution in [0, 0.1) is 23.7 Å². The number of hydrogen-bond donors (Lipinski definition) is 0. The summed E-state index contributed by atoms with van der Waals surface area (Å²) in [5.41, 5.74) is 5.09. The van der Waals surface area contributed by atoms with Gasteiger partial charge in [0.15, 0.2) is 0 Å². The van der Waals surface area contributed by atoms with E-state index in [1.807, 2.05) is 0 Å². The van der Waals surface area contributed by atoms with Gasteiger partial charge in [-0.05, 0) is 92.7 Å². The third-order valence-corrected chi connectivity index (χ3v) is 6.97. The molecule has 31 heavy (non-hydrogen) atoms. The van der Waals surface area contributed by atoms with E-state index in [0.717, 1.165) is 29.4 Å². The van der Waals surface area contributed by atoms with Gasteiger partial charge in [-0.2, -0.15) is 0 Å². The third-order valence-electron chi connectivity index (χ3n) is 6.97. The molecule has 0 heterocycles. The molecule has 164 valence electrons. The highest BCUT2D eigenvalue weighted by molar-refractivity contribution is 5.44. The molecular weight excluding hydrogens is 372 g/mol. The van der Waals surface area contributed by atoms with Crippen molar-refractivity contribution in [2.24, 2.45) is 11.8 Å². The molecule has 0 atom stereocenters. The van der Waals surface area contributed by atoms with Gasteiger partial charge in [0.1, 0.15) is 0 Å². The van der Waals surface area contributed by atoms with Crippen molar-refractivity contribution in [2.45, 2.75) is 84.5 Å². The Morgan fingerprint density at radius 2 is 1.29 bits per heavy atom. The fraction of sp³-hybridized carbons (Fsp3) is 0.484. The second kappa shape index (κ2) is 13.2. The predicted molar refractivity (Wildman–Crippen MR) is 135 cm³/mol. The highest BCUT2D eigenvalue weighted by atomic mass is 14.2. The lowest BCUT2D eigenvalue weighted by atomic mass is 9.78. The molecule has 1 saturated carbocycles. The summed E-state index contributed by atoms with van der Waals surface area (Å²) >= 11 is 0. The van der Waals surface area contributed by atoms with Crippen molar-refractivity contribution >= 4 is 0 Å². The van der Waals surface area contributed by atoms with Crippen molar-refractivity contribution in [3.63, 3.8) is 0 Å². The number of unbranched alkanes of at least 4 members (excludes halogenated alkanes) is 2. The van der Waals surface area contributed by atoms with E-state index in [-0.39, 0.29) is 0 Å². The Morgan fingerprint density at radius 1 is 0.742 bits per heavy atom. The van der Waals surface area contributed by atoms with E-state index < -0.39 is 0 Å². The van der Waals surface area contributed by atoms with Crippen LogP contribution in [0.15, 0.2) is 60.7 Å². The van der Waals surface area contributed by atoms with E-state index in [1.165, 1.54) is 75.3 Å². The molecule has 0 aliphatic heterocycles. The fourth-order valence-electron chi connectivity index (χ4n) is 4.71. The van der Waals surface area contributed by atoms with E-state index >= 15 is 0 Å². The lowest BCUT2D eigenvalue weighted by Gasteiger charge is -2.27. The van der Waals surface area contributed by atoms with Crippen molar-refractivity contribution in [3.8, 4) is 11.8 Å². The Morgan fingerprint density at radius 3 is 1.84 bits per heavy atom. The van der Waals surface area contributed by atoms with Crippen LogP contribution < -0.4 is 0 Å². The van der Waals surface area contributed by atoms with E-state index in [1.54, 1.807) is 0 Å². The van der Waals surface area contributed by atoms with Crippen LogP contribution in [-0.2, 0) is 12.8 Å². The molecule has 3 rings (SSSR count). The first kappa shape index (κ1) is 23.4.